The highest BCUT2D eigenvalue weighted by molar-refractivity contribution is 7.90. The van der Waals surface area contributed by atoms with Gasteiger partial charge in [0.05, 0.1) is 15.1 Å². The summed E-state index contributed by atoms with van der Waals surface area (Å²) in [4.78, 5) is 15.5. The Morgan fingerprint density at radius 3 is 2.76 bits per heavy atom. The van der Waals surface area contributed by atoms with Crippen LogP contribution in [0.2, 0.25) is 0 Å². The standard InChI is InChI=1S/C17H12N2O4S2/c1-25(21,22)11-3-4-13-12(9-11)14(6-7-18-13)19-10-2-5-15-16(8-10)24-17(20)23-15/h2-9H,1H3,(H,18,19). The van der Waals surface area contributed by atoms with E-state index in [-0.39, 0.29) is 9.83 Å². The second kappa shape index (κ2) is 5.68. The molecule has 0 atom stereocenters. The Bertz CT molecular complexity index is 1270. The number of nitrogens with one attached hydrogen (secondary N) is 1. The lowest BCUT2D eigenvalue weighted by Crippen LogP contribution is -1.98. The van der Waals surface area contributed by atoms with Crippen LogP contribution in [0.4, 0.5) is 11.4 Å². The van der Waals surface area contributed by atoms with E-state index in [0.29, 0.717) is 16.5 Å². The number of fused-ring (bicyclic) bond motifs is 2. The molecule has 25 heavy (non-hydrogen) atoms. The van der Waals surface area contributed by atoms with Crippen LogP contribution in [-0.2, 0) is 9.84 Å². The molecule has 2 aromatic carbocycles. The third-order valence-electron chi connectivity index (χ3n) is 3.75. The van der Waals surface area contributed by atoms with Crippen LogP contribution < -0.4 is 10.3 Å². The van der Waals surface area contributed by atoms with Gasteiger partial charge in [-0.15, -0.1) is 0 Å². The first-order valence-electron chi connectivity index (χ1n) is 7.30. The van der Waals surface area contributed by atoms with Crippen molar-refractivity contribution in [3.8, 4) is 0 Å². The number of aromatic nitrogens is 1. The van der Waals surface area contributed by atoms with Gasteiger partial charge in [-0.25, -0.2) is 13.2 Å². The van der Waals surface area contributed by atoms with E-state index >= 15 is 0 Å². The van der Waals surface area contributed by atoms with E-state index < -0.39 is 9.84 Å². The summed E-state index contributed by atoms with van der Waals surface area (Å²) in [6.07, 6.45) is 2.83. The Morgan fingerprint density at radius 2 is 1.96 bits per heavy atom. The average Bonchev–Trinajstić information content (AvgIpc) is 2.93. The number of nitrogens with zero attached hydrogens (tertiary/aromatic N) is 1. The second-order valence-corrected chi connectivity index (χ2v) is 8.54. The number of sulfone groups is 1. The Hall–Kier alpha value is -2.71. The summed E-state index contributed by atoms with van der Waals surface area (Å²) in [5.74, 6) is 0. The maximum Gasteiger partial charge on any atom is 0.396 e. The molecular formula is C17H12N2O4S2. The molecule has 8 heteroatoms. The van der Waals surface area contributed by atoms with Gasteiger partial charge >= 0.3 is 4.94 Å². The van der Waals surface area contributed by atoms with Gasteiger partial charge in [0.2, 0.25) is 0 Å². The van der Waals surface area contributed by atoms with Crippen LogP contribution >= 0.6 is 11.3 Å². The molecule has 1 N–H and O–H groups in total. The topological polar surface area (TPSA) is 89.3 Å². The average molecular weight is 372 g/mol. The zero-order valence-electron chi connectivity index (χ0n) is 13.0. The first-order valence-corrected chi connectivity index (χ1v) is 10.0. The summed E-state index contributed by atoms with van der Waals surface area (Å²) in [6, 6.07) is 11.9. The van der Waals surface area contributed by atoms with Crippen LogP contribution in [0.15, 0.2) is 62.8 Å². The van der Waals surface area contributed by atoms with E-state index in [4.69, 9.17) is 4.42 Å². The van der Waals surface area contributed by atoms with Gasteiger partial charge in [0.25, 0.3) is 0 Å². The highest BCUT2D eigenvalue weighted by atomic mass is 32.2. The summed E-state index contributed by atoms with van der Waals surface area (Å²) >= 11 is 1.03. The molecule has 0 fully saturated rings. The third-order valence-corrected chi connectivity index (χ3v) is 5.65. The van der Waals surface area contributed by atoms with E-state index in [1.807, 2.05) is 6.07 Å². The Balaban J connectivity index is 1.83. The van der Waals surface area contributed by atoms with E-state index in [1.165, 1.54) is 6.26 Å². The van der Waals surface area contributed by atoms with Crippen molar-refractivity contribution >= 4 is 53.7 Å². The van der Waals surface area contributed by atoms with Crippen LogP contribution in [0.5, 0.6) is 0 Å². The molecular weight excluding hydrogens is 360 g/mol. The molecule has 0 radical (unpaired) electrons. The van der Waals surface area contributed by atoms with Crippen molar-refractivity contribution in [3.05, 3.63) is 58.4 Å². The van der Waals surface area contributed by atoms with Gasteiger partial charge in [-0.1, -0.05) is 11.3 Å². The van der Waals surface area contributed by atoms with E-state index in [9.17, 15) is 13.2 Å². The molecule has 0 aliphatic rings. The van der Waals surface area contributed by atoms with Gasteiger partial charge in [-0.2, -0.15) is 0 Å². The molecule has 0 spiro atoms. The van der Waals surface area contributed by atoms with Crippen molar-refractivity contribution in [2.75, 3.05) is 11.6 Å². The minimum Gasteiger partial charge on any atom is -0.414 e. The number of hydrogen-bond donors (Lipinski definition) is 1. The molecule has 4 rings (SSSR count). The number of pyridine rings is 1. The van der Waals surface area contributed by atoms with Gasteiger partial charge in [0.15, 0.2) is 9.84 Å². The first-order chi connectivity index (χ1) is 11.9. The summed E-state index contributed by atoms with van der Waals surface area (Å²) in [6.45, 7) is 0. The number of rotatable bonds is 3. The van der Waals surface area contributed by atoms with Gasteiger partial charge in [-0.3, -0.25) is 4.98 Å². The highest BCUT2D eigenvalue weighted by Crippen LogP contribution is 2.29. The Morgan fingerprint density at radius 1 is 1.12 bits per heavy atom. The van der Waals surface area contributed by atoms with Crippen molar-refractivity contribution in [1.82, 2.24) is 4.98 Å². The van der Waals surface area contributed by atoms with Crippen LogP contribution in [0.25, 0.3) is 21.2 Å². The molecule has 0 aliphatic heterocycles. The molecule has 2 aromatic heterocycles. The van der Waals surface area contributed by atoms with Gasteiger partial charge in [0, 0.05) is 29.2 Å². The summed E-state index contributed by atoms with van der Waals surface area (Å²) < 4.78 is 29.4. The molecule has 0 unspecified atom stereocenters. The van der Waals surface area contributed by atoms with Crippen LogP contribution in [0.1, 0.15) is 0 Å². The van der Waals surface area contributed by atoms with Crippen LogP contribution in [0.3, 0.4) is 0 Å². The monoisotopic (exact) mass is 372 g/mol. The minimum atomic E-state index is -3.31. The van der Waals surface area contributed by atoms with Gasteiger partial charge in [0.1, 0.15) is 5.58 Å². The lowest BCUT2D eigenvalue weighted by atomic mass is 10.2. The zero-order chi connectivity index (χ0) is 17.6. The van der Waals surface area contributed by atoms with E-state index in [1.54, 1.807) is 42.6 Å². The first kappa shape index (κ1) is 15.8. The largest absolute Gasteiger partial charge is 0.414 e. The fraction of sp³-hybridized carbons (Fsp3) is 0.0588. The summed E-state index contributed by atoms with van der Waals surface area (Å²) in [7, 11) is -3.31. The van der Waals surface area contributed by atoms with Crippen molar-refractivity contribution in [1.29, 1.82) is 0 Å². The lowest BCUT2D eigenvalue weighted by molar-refractivity contribution is 0.585. The summed E-state index contributed by atoms with van der Waals surface area (Å²) in [5, 5.41) is 3.96. The Labute approximate surface area is 146 Å². The number of hydrogen-bond acceptors (Lipinski definition) is 7. The number of anilines is 2. The summed E-state index contributed by atoms with van der Waals surface area (Å²) in [5.41, 5.74) is 2.72. The molecule has 0 aliphatic carbocycles. The third kappa shape index (κ3) is 3.01. The molecule has 0 bridgehead atoms. The van der Waals surface area contributed by atoms with Gasteiger partial charge < -0.3 is 9.73 Å². The molecule has 126 valence electrons. The molecule has 4 aromatic rings. The smallest absolute Gasteiger partial charge is 0.396 e. The molecule has 2 heterocycles. The van der Waals surface area contributed by atoms with Crippen molar-refractivity contribution in [2.24, 2.45) is 0 Å². The van der Waals surface area contributed by atoms with Crippen molar-refractivity contribution < 1.29 is 12.8 Å². The quantitative estimate of drug-likeness (QED) is 0.591. The Kier molecular flexibility index (Phi) is 3.59. The van der Waals surface area contributed by atoms with Gasteiger partial charge in [-0.05, 0) is 42.5 Å². The normalized spacial score (nSPS) is 11.9. The number of benzene rings is 2. The molecule has 0 amide bonds. The maximum atomic E-state index is 11.8. The van der Waals surface area contributed by atoms with Crippen LogP contribution in [-0.4, -0.2) is 19.7 Å². The predicted molar refractivity (Wildman–Crippen MR) is 98.5 cm³/mol. The lowest BCUT2D eigenvalue weighted by Gasteiger charge is -2.10. The molecule has 6 nitrogen and oxygen atoms in total. The maximum absolute atomic E-state index is 11.8. The second-order valence-electron chi connectivity index (χ2n) is 5.55. The van der Waals surface area contributed by atoms with Crippen LogP contribution in [0, 0.1) is 0 Å². The molecule has 0 saturated heterocycles. The van der Waals surface area contributed by atoms with Crippen molar-refractivity contribution in [2.45, 2.75) is 4.90 Å². The minimum absolute atomic E-state index is 0.236. The zero-order valence-corrected chi connectivity index (χ0v) is 14.6. The highest BCUT2D eigenvalue weighted by Gasteiger charge is 2.11. The van der Waals surface area contributed by atoms with E-state index in [0.717, 1.165) is 27.4 Å². The van der Waals surface area contributed by atoms with Crippen molar-refractivity contribution in [3.63, 3.8) is 0 Å². The van der Waals surface area contributed by atoms with E-state index in [2.05, 4.69) is 10.3 Å². The fourth-order valence-corrected chi connectivity index (χ4v) is 3.93. The fourth-order valence-electron chi connectivity index (χ4n) is 2.57. The molecule has 0 saturated carbocycles. The SMILES string of the molecule is CS(=O)(=O)c1ccc2nccc(Nc3ccc4oc(=O)sc4c3)c2c1. The predicted octanol–water partition coefficient (Wildman–Crippen LogP) is 3.55.